The Morgan fingerprint density at radius 3 is 2.70 bits per heavy atom. The number of hydrogen-bond acceptors (Lipinski definition) is 4. The van der Waals surface area contributed by atoms with Crippen LogP contribution in [0.25, 0.3) is 0 Å². The lowest BCUT2D eigenvalue weighted by molar-refractivity contribution is -0.121. The van der Waals surface area contributed by atoms with Gasteiger partial charge in [0, 0.05) is 24.5 Å². The molecule has 2 heterocycles. The van der Waals surface area contributed by atoms with E-state index in [9.17, 15) is 4.79 Å². The number of rotatable bonds is 4. The van der Waals surface area contributed by atoms with Crippen LogP contribution in [0.2, 0.25) is 0 Å². The molecule has 0 aliphatic heterocycles. The summed E-state index contributed by atoms with van der Waals surface area (Å²) in [6, 6.07) is 1.93. The van der Waals surface area contributed by atoms with Gasteiger partial charge < -0.3 is 0 Å². The third kappa shape index (κ3) is 3.31. The summed E-state index contributed by atoms with van der Waals surface area (Å²) in [6.45, 7) is 5.85. The molecule has 7 heteroatoms. The van der Waals surface area contributed by atoms with Crippen LogP contribution in [-0.2, 0) is 18.4 Å². The third-order valence-corrected chi connectivity index (χ3v) is 2.84. The first-order valence-electron chi connectivity index (χ1n) is 6.29. The minimum Gasteiger partial charge on any atom is -0.275 e. The Labute approximate surface area is 117 Å². The number of carbonyl (C=O) groups is 1. The summed E-state index contributed by atoms with van der Waals surface area (Å²) in [5.41, 5.74) is 6.07. The van der Waals surface area contributed by atoms with Crippen LogP contribution >= 0.6 is 0 Å². The van der Waals surface area contributed by atoms with Gasteiger partial charge in [-0.2, -0.15) is 15.3 Å². The summed E-state index contributed by atoms with van der Waals surface area (Å²) in [7, 11) is 1.84. The van der Waals surface area contributed by atoms with E-state index in [1.165, 1.54) is 0 Å². The second kappa shape index (κ2) is 5.68. The van der Waals surface area contributed by atoms with E-state index in [-0.39, 0.29) is 12.5 Å². The van der Waals surface area contributed by atoms with Gasteiger partial charge in [0.2, 0.25) is 0 Å². The molecule has 0 aliphatic rings. The van der Waals surface area contributed by atoms with Crippen LogP contribution in [0.1, 0.15) is 22.6 Å². The molecule has 0 bridgehead atoms. The highest BCUT2D eigenvalue weighted by molar-refractivity contribution is 5.83. The molecule has 0 aromatic carbocycles. The standard InChI is InChI=1S/C13H18N6O/c1-9-5-10(2)19(16-9)8-13(20)15-14-6-12-7-18(4)17-11(12)3/h5-7H,8H2,1-4H3,(H,15,20)/b14-6+. The van der Waals surface area contributed by atoms with Crippen molar-refractivity contribution < 1.29 is 4.79 Å². The van der Waals surface area contributed by atoms with E-state index >= 15 is 0 Å². The summed E-state index contributed by atoms with van der Waals surface area (Å²) in [5, 5.41) is 12.3. The summed E-state index contributed by atoms with van der Waals surface area (Å²) >= 11 is 0. The van der Waals surface area contributed by atoms with Crippen molar-refractivity contribution in [2.45, 2.75) is 27.3 Å². The van der Waals surface area contributed by atoms with Gasteiger partial charge in [0.1, 0.15) is 6.54 Å². The first kappa shape index (κ1) is 14.0. The van der Waals surface area contributed by atoms with Gasteiger partial charge in [-0.15, -0.1) is 0 Å². The van der Waals surface area contributed by atoms with E-state index in [1.807, 2.05) is 40.1 Å². The zero-order chi connectivity index (χ0) is 14.7. The van der Waals surface area contributed by atoms with E-state index in [1.54, 1.807) is 15.6 Å². The third-order valence-electron chi connectivity index (χ3n) is 2.84. The molecule has 0 unspecified atom stereocenters. The lowest BCUT2D eigenvalue weighted by atomic mass is 10.3. The topological polar surface area (TPSA) is 77.1 Å². The van der Waals surface area contributed by atoms with Gasteiger partial charge in [0.05, 0.1) is 17.6 Å². The zero-order valence-corrected chi connectivity index (χ0v) is 12.1. The van der Waals surface area contributed by atoms with E-state index in [4.69, 9.17) is 0 Å². The zero-order valence-electron chi connectivity index (χ0n) is 12.1. The average molecular weight is 274 g/mol. The van der Waals surface area contributed by atoms with E-state index < -0.39 is 0 Å². The van der Waals surface area contributed by atoms with Crippen LogP contribution in [-0.4, -0.2) is 31.7 Å². The summed E-state index contributed by atoms with van der Waals surface area (Å²) in [5.74, 6) is -0.214. The van der Waals surface area contributed by atoms with Gasteiger partial charge in [-0.3, -0.25) is 14.2 Å². The van der Waals surface area contributed by atoms with Crippen molar-refractivity contribution in [2.24, 2.45) is 12.1 Å². The highest BCUT2D eigenvalue weighted by Gasteiger charge is 2.06. The van der Waals surface area contributed by atoms with Crippen molar-refractivity contribution >= 4 is 12.1 Å². The maximum absolute atomic E-state index is 11.7. The first-order chi connectivity index (χ1) is 9.45. The van der Waals surface area contributed by atoms with Gasteiger partial charge >= 0.3 is 0 Å². The molecule has 7 nitrogen and oxygen atoms in total. The fourth-order valence-electron chi connectivity index (χ4n) is 1.92. The number of aryl methyl sites for hydroxylation is 4. The fraction of sp³-hybridized carbons (Fsp3) is 0.385. The highest BCUT2D eigenvalue weighted by Crippen LogP contribution is 2.01. The number of hydrogen-bond donors (Lipinski definition) is 1. The molecule has 0 saturated heterocycles. The summed E-state index contributed by atoms with van der Waals surface area (Å²) in [6.07, 6.45) is 3.42. The van der Waals surface area contributed by atoms with E-state index in [0.717, 1.165) is 22.6 Å². The smallest absolute Gasteiger partial charge is 0.261 e. The van der Waals surface area contributed by atoms with Gasteiger partial charge in [-0.05, 0) is 26.8 Å². The predicted molar refractivity (Wildman–Crippen MR) is 75.4 cm³/mol. The maximum Gasteiger partial charge on any atom is 0.261 e. The van der Waals surface area contributed by atoms with Crippen molar-refractivity contribution in [1.82, 2.24) is 25.0 Å². The molecular formula is C13H18N6O. The first-order valence-corrected chi connectivity index (χ1v) is 6.29. The second-order valence-electron chi connectivity index (χ2n) is 4.72. The van der Waals surface area contributed by atoms with Crippen LogP contribution in [0.15, 0.2) is 17.4 Å². The van der Waals surface area contributed by atoms with Crippen molar-refractivity contribution in [1.29, 1.82) is 0 Å². The number of nitrogens with zero attached hydrogens (tertiary/aromatic N) is 5. The maximum atomic E-state index is 11.7. The molecule has 0 radical (unpaired) electrons. The molecule has 0 saturated carbocycles. The second-order valence-corrected chi connectivity index (χ2v) is 4.72. The van der Waals surface area contributed by atoms with Crippen molar-refractivity contribution in [3.05, 3.63) is 34.9 Å². The van der Waals surface area contributed by atoms with E-state index in [0.29, 0.717) is 0 Å². The Morgan fingerprint density at radius 1 is 1.40 bits per heavy atom. The molecule has 20 heavy (non-hydrogen) atoms. The number of aromatic nitrogens is 4. The highest BCUT2D eigenvalue weighted by atomic mass is 16.2. The van der Waals surface area contributed by atoms with Crippen LogP contribution in [0.3, 0.4) is 0 Å². The van der Waals surface area contributed by atoms with Crippen molar-refractivity contribution in [2.75, 3.05) is 0 Å². The molecule has 2 aromatic rings. The predicted octanol–water partition coefficient (Wildman–Crippen LogP) is 0.692. The fourth-order valence-corrected chi connectivity index (χ4v) is 1.92. The van der Waals surface area contributed by atoms with Crippen LogP contribution < -0.4 is 5.43 Å². The molecule has 0 spiro atoms. The van der Waals surface area contributed by atoms with Gasteiger partial charge in [0.15, 0.2) is 0 Å². The Morgan fingerprint density at radius 2 is 2.15 bits per heavy atom. The molecule has 1 amide bonds. The SMILES string of the molecule is Cc1cc(C)n(CC(=O)N/N=C/c2cn(C)nc2C)n1. The number of amides is 1. The minimum absolute atomic E-state index is 0.156. The minimum atomic E-state index is -0.214. The van der Waals surface area contributed by atoms with Gasteiger partial charge in [-0.25, -0.2) is 5.43 Å². The Hall–Kier alpha value is -2.44. The Bertz CT molecular complexity index is 652. The molecule has 2 aromatic heterocycles. The lowest BCUT2D eigenvalue weighted by Crippen LogP contribution is -2.24. The van der Waals surface area contributed by atoms with E-state index in [2.05, 4.69) is 20.7 Å². The van der Waals surface area contributed by atoms with Crippen LogP contribution in [0.4, 0.5) is 0 Å². The summed E-state index contributed by atoms with van der Waals surface area (Å²) in [4.78, 5) is 11.7. The van der Waals surface area contributed by atoms with Crippen LogP contribution in [0.5, 0.6) is 0 Å². The molecule has 0 aliphatic carbocycles. The monoisotopic (exact) mass is 274 g/mol. The molecule has 2 rings (SSSR count). The Kier molecular flexibility index (Phi) is 3.97. The lowest BCUT2D eigenvalue weighted by Gasteiger charge is -2.02. The normalized spacial score (nSPS) is 11.2. The molecule has 106 valence electrons. The molecule has 0 atom stereocenters. The van der Waals surface area contributed by atoms with Crippen molar-refractivity contribution in [3.8, 4) is 0 Å². The number of carbonyl (C=O) groups excluding carboxylic acids is 1. The Balaban J connectivity index is 1.92. The number of nitrogens with one attached hydrogen (secondary N) is 1. The average Bonchev–Trinajstić information content (AvgIpc) is 2.82. The quantitative estimate of drug-likeness (QED) is 0.658. The van der Waals surface area contributed by atoms with Crippen molar-refractivity contribution in [3.63, 3.8) is 0 Å². The molecular weight excluding hydrogens is 256 g/mol. The summed E-state index contributed by atoms with van der Waals surface area (Å²) < 4.78 is 3.35. The van der Waals surface area contributed by atoms with Crippen LogP contribution in [0, 0.1) is 20.8 Å². The molecule has 1 N–H and O–H groups in total. The van der Waals surface area contributed by atoms with Gasteiger partial charge in [0.25, 0.3) is 5.91 Å². The largest absolute Gasteiger partial charge is 0.275 e. The number of hydrazone groups is 1. The molecule has 0 fully saturated rings. The van der Waals surface area contributed by atoms with Gasteiger partial charge in [-0.1, -0.05) is 0 Å².